The van der Waals surface area contributed by atoms with Gasteiger partial charge >= 0.3 is 0 Å². The number of phenols is 1. The molecule has 0 bridgehead atoms. The Morgan fingerprint density at radius 3 is 2.78 bits per heavy atom. The van der Waals surface area contributed by atoms with Crippen molar-refractivity contribution in [3.8, 4) is 5.75 Å². The molecule has 0 radical (unpaired) electrons. The predicted molar refractivity (Wildman–Crippen MR) is 79.4 cm³/mol. The normalized spacial score (nSPS) is 21.1. The van der Waals surface area contributed by atoms with Gasteiger partial charge in [-0.05, 0) is 55.7 Å². The highest BCUT2D eigenvalue weighted by Crippen LogP contribution is 2.30. The van der Waals surface area contributed by atoms with Gasteiger partial charge in [-0.25, -0.2) is 0 Å². The Kier molecular flexibility index (Phi) is 5.39. The molecule has 2 atom stereocenters. The highest BCUT2D eigenvalue weighted by Gasteiger charge is 2.25. The van der Waals surface area contributed by atoms with Gasteiger partial charge in [0, 0.05) is 11.3 Å². The van der Waals surface area contributed by atoms with Gasteiger partial charge in [-0.3, -0.25) is 0 Å². The van der Waals surface area contributed by atoms with Gasteiger partial charge in [-0.15, -0.1) is 0 Å². The van der Waals surface area contributed by atoms with Crippen molar-refractivity contribution < 1.29 is 5.11 Å². The molecule has 2 unspecified atom stereocenters. The standard InChI is InChI=1S/C15H23NOS/c1-2-9-16-14(15-4-3-10-18-15)11-12-5-7-13(17)8-6-12/h5-8,14-17H,2-4,9-11H2,1H3. The molecule has 3 heteroatoms. The summed E-state index contributed by atoms with van der Waals surface area (Å²) in [5.74, 6) is 1.66. The Labute approximate surface area is 114 Å². The van der Waals surface area contributed by atoms with Crippen molar-refractivity contribution in [1.82, 2.24) is 5.32 Å². The Balaban J connectivity index is 1.97. The third-order valence-electron chi connectivity index (χ3n) is 3.46. The molecule has 0 amide bonds. The fourth-order valence-electron chi connectivity index (χ4n) is 2.47. The van der Waals surface area contributed by atoms with E-state index in [2.05, 4.69) is 24.0 Å². The van der Waals surface area contributed by atoms with E-state index in [9.17, 15) is 5.11 Å². The third kappa shape index (κ3) is 3.92. The van der Waals surface area contributed by atoms with Gasteiger partial charge in [0.1, 0.15) is 5.75 Å². The molecule has 0 aliphatic carbocycles. The molecule has 0 spiro atoms. The molecule has 0 aromatic heterocycles. The summed E-state index contributed by atoms with van der Waals surface area (Å²) < 4.78 is 0. The first kappa shape index (κ1) is 13.8. The lowest BCUT2D eigenvalue weighted by molar-refractivity contribution is 0.471. The Hall–Kier alpha value is -0.670. The van der Waals surface area contributed by atoms with Crippen LogP contribution in [0.2, 0.25) is 0 Å². The van der Waals surface area contributed by atoms with Gasteiger partial charge in [0.05, 0.1) is 0 Å². The molecule has 2 rings (SSSR count). The smallest absolute Gasteiger partial charge is 0.115 e. The summed E-state index contributed by atoms with van der Waals surface area (Å²) in [6.07, 6.45) is 4.95. The van der Waals surface area contributed by atoms with Gasteiger partial charge in [-0.2, -0.15) is 11.8 Å². The molecule has 2 N–H and O–H groups in total. The van der Waals surface area contributed by atoms with Crippen molar-refractivity contribution in [1.29, 1.82) is 0 Å². The predicted octanol–water partition coefficient (Wildman–Crippen LogP) is 3.20. The second-order valence-electron chi connectivity index (χ2n) is 4.98. The van der Waals surface area contributed by atoms with Crippen molar-refractivity contribution >= 4 is 11.8 Å². The minimum Gasteiger partial charge on any atom is -0.508 e. The highest BCUT2D eigenvalue weighted by atomic mass is 32.2. The summed E-state index contributed by atoms with van der Waals surface area (Å²) in [6.45, 7) is 3.31. The number of thioether (sulfide) groups is 1. The van der Waals surface area contributed by atoms with Crippen LogP contribution in [0.3, 0.4) is 0 Å². The Morgan fingerprint density at radius 2 is 2.17 bits per heavy atom. The average molecular weight is 265 g/mol. The molecule has 100 valence electrons. The second-order valence-corrected chi connectivity index (χ2v) is 6.33. The summed E-state index contributed by atoms with van der Waals surface area (Å²) in [7, 11) is 0. The number of rotatable bonds is 6. The molecule has 1 aromatic rings. The maximum atomic E-state index is 9.32. The summed E-state index contributed by atoms with van der Waals surface area (Å²) in [6, 6.07) is 8.22. The minimum absolute atomic E-state index is 0.354. The van der Waals surface area contributed by atoms with Gasteiger partial charge in [0.2, 0.25) is 0 Å². The van der Waals surface area contributed by atoms with E-state index in [0.717, 1.165) is 18.2 Å². The van der Waals surface area contributed by atoms with Crippen molar-refractivity contribution in [3.63, 3.8) is 0 Å². The lowest BCUT2D eigenvalue weighted by atomic mass is 10.0. The Morgan fingerprint density at radius 1 is 1.39 bits per heavy atom. The van der Waals surface area contributed by atoms with Crippen LogP contribution < -0.4 is 5.32 Å². The van der Waals surface area contributed by atoms with Crippen LogP contribution in [0.15, 0.2) is 24.3 Å². The van der Waals surface area contributed by atoms with Crippen LogP contribution in [0.4, 0.5) is 0 Å². The zero-order valence-electron chi connectivity index (χ0n) is 11.1. The average Bonchev–Trinajstić information content (AvgIpc) is 2.90. The van der Waals surface area contributed by atoms with E-state index in [4.69, 9.17) is 0 Å². The van der Waals surface area contributed by atoms with Crippen molar-refractivity contribution in [2.75, 3.05) is 12.3 Å². The van der Waals surface area contributed by atoms with Crippen LogP contribution in [0.1, 0.15) is 31.7 Å². The van der Waals surface area contributed by atoms with E-state index in [-0.39, 0.29) is 0 Å². The molecule has 1 heterocycles. The molecule has 2 nitrogen and oxygen atoms in total. The van der Waals surface area contributed by atoms with Crippen molar-refractivity contribution in [2.45, 2.75) is 43.9 Å². The van der Waals surface area contributed by atoms with Gasteiger partial charge in [0.25, 0.3) is 0 Å². The molecule has 1 aromatic carbocycles. The molecule has 1 aliphatic rings. The monoisotopic (exact) mass is 265 g/mol. The van der Waals surface area contributed by atoms with Crippen LogP contribution in [0.25, 0.3) is 0 Å². The van der Waals surface area contributed by atoms with Crippen LogP contribution >= 0.6 is 11.8 Å². The second kappa shape index (κ2) is 7.05. The number of hydrogen-bond donors (Lipinski definition) is 2. The topological polar surface area (TPSA) is 32.3 Å². The number of hydrogen-bond acceptors (Lipinski definition) is 3. The largest absolute Gasteiger partial charge is 0.508 e. The summed E-state index contributed by atoms with van der Waals surface area (Å²) in [5, 5.41) is 13.8. The first-order valence-electron chi connectivity index (χ1n) is 6.92. The zero-order chi connectivity index (χ0) is 12.8. The molecule has 1 fully saturated rings. The quantitative estimate of drug-likeness (QED) is 0.828. The Bertz CT molecular complexity index is 346. The molecular formula is C15H23NOS. The fraction of sp³-hybridized carbons (Fsp3) is 0.600. The molecule has 18 heavy (non-hydrogen) atoms. The maximum Gasteiger partial charge on any atom is 0.115 e. The third-order valence-corrected chi connectivity index (χ3v) is 4.98. The molecule has 0 saturated carbocycles. The lowest BCUT2D eigenvalue weighted by Crippen LogP contribution is -2.39. The van der Waals surface area contributed by atoms with E-state index in [1.54, 1.807) is 12.1 Å². The van der Waals surface area contributed by atoms with Crippen LogP contribution in [-0.2, 0) is 6.42 Å². The number of nitrogens with one attached hydrogen (secondary N) is 1. The number of benzene rings is 1. The van der Waals surface area contributed by atoms with E-state index in [0.29, 0.717) is 11.8 Å². The van der Waals surface area contributed by atoms with Crippen LogP contribution in [0, 0.1) is 0 Å². The zero-order valence-corrected chi connectivity index (χ0v) is 11.9. The van der Waals surface area contributed by atoms with E-state index in [1.807, 2.05) is 12.1 Å². The summed E-state index contributed by atoms with van der Waals surface area (Å²) >= 11 is 2.11. The molecule has 1 saturated heterocycles. The van der Waals surface area contributed by atoms with Crippen LogP contribution in [-0.4, -0.2) is 28.7 Å². The minimum atomic E-state index is 0.354. The number of aromatic hydroxyl groups is 1. The van der Waals surface area contributed by atoms with Crippen molar-refractivity contribution in [2.24, 2.45) is 0 Å². The molecule has 1 aliphatic heterocycles. The summed E-state index contributed by atoms with van der Waals surface area (Å²) in [5.41, 5.74) is 1.31. The van der Waals surface area contributed by atoms with Gasteiger partial charge < -0.3 is 10.4 Å². The van der Waals surface area contributed by atoms with E-state index >= 15 is 0 Å². The SMILES string of the molecule is CCCNC(Cc1ccc(O)cc1)C1CCCS1. The van der Waals surface area contributed by atoms with E-state index in [1.165, 1.54) is 30.6 Å². The first-order chi connectivity index (χ1) is 8.79. The summed E-state index contributed by atoms with van der Waals surface area (Å²) in [4.78, 5) is 0. The number of phenolic OH excluding ortho intramolecular Hbond substituents is 1. The molecular weight excluding hydrogens is 242 g/mol. The first-order valence-corrected chi connectivity index (χ1v) is 7.97. The van der Waals surface area contributed by atoms with E-state index < -0.39 is 0 Å². The maximum absolute atomic E-state index is 9.32. The van der Waals surface area contributed by atoms with Gasteiger partial charge in [-0.1, -0.05) is 19.1 Å². The van der Waals surface area contributed by atoms with Crippen molar-refractivity contribution in [3.05, 3.63) is 29.8 Å². The van der Waals surface area contributed by atoms with Crippen LogP contribution in [0.5, 0.6) is 5.75 Å². The lowest BCUT2D eigenvalue weighted by Gasteiger charge is -2.24. The van der Waals surface area contributed by atoms with Gasteiger partial charge in [0.15, 0.2) is 0 Å². The fourth-order valence-corrected chi connectivity index (χ4v) is 3.86. The highest BCUT2D eigenvalue weighted by molar-refractivity contribution is 8.00.